The minimum absolute atomic E-state index is 0.156. The predicted octanol–water partition coefficient (Wildman–Crippen LogP) is 2.10. The SMILES string of the molecule is Nc1cccc(-c2nc3cc4c(cc3n2CC(=O)O)OCO4)c1. The van der Waals surface area contributed by atoms with Crippen LogP contribution in [0.5, 0.6) is 11.5 Å². The number of nitrogens with zero attached hydrogens (tertiary/aromatic N) is 2. The topological polar surface area (TPSA) is 99.6 Å². The van der Waals surface area contributed by atoms with Crippen molar-refractivity contribution in [2.24, 2.45) is 0 Å². The summed E-state index contributed by atoms with van der Waals surface area (Å²) in [6.07, 6.45) is 0. The van der Waals surface area contributed by atoms with Gasteiger partial charge in [0.15, 0.2) is 11.5 Å². The van der Waals surface area contributed by atoms with Crippen LogP contribution in [0.4, 0.5) is 5.69 Å². The van der Waals surface area contributed by atoms with Crippen LogP contribution in [-0.4, -0.2) is 27.4 Å². The number of hydrogen-bond donors (Lipinski definition) is 2. The highest BCUT2D eigenvalue weighted by Gasteiger charge is 2.21. The maximum absolute atomic E-state index is 11.3. The van der Waals surface area contributed by atoms with Gasteiger partial charge in [0.05, 0.1) is 11.0 Å². The highest BCUT2D eigenvalue weighted by atomic mass is 16.7. The number of carbonyl (C=O) groups is 1. The quantitative estimate of drug-likeness (QED) is 0.719. The van der Waals surface area contributed by atoms with Crippen molar-refractivity contribution >= 4 is 22.7 Å². The predicted molar refractivity (Wildman–Crippen MR) is 83.3 cm³/mol. The number of rotatable bonds is 3. The molecule has 0 saturated heterocycles. The van der Waals surface area contributed by atoms with Crippen molar-refractivity contribution in [1.82, 2.24) is 9.55 Å². The summed E-state index contributed by atoms with van der Waals surface area (Å²) in [5, 5.41) is 9.23. The smallest absolute Gasteiger partial charge is 0.323 e. The maximum Gasteiger partial charge on any atom is 0.323 e. The zero-order valence-corrected chi connectivity index (χ0v) is 12.0. The summed E-state index contributed by atoms with van der Waals surface area (Å²) in [7, 11) is 0. The van der Waals surface area contributed by atoms with Gasteiger partial charge < -0.3 is 24.9 Å². The molecule has 1 aromatic heterocycles. The molecule has 0 spiro atoms. The summed E-state index contributed by atoms with van der Waals surface area (Å²) in [6.45, 7) is -0.0524. The largest absolute Gasteiger partial charge is 0.480 e. The van der Waals surface area contributed by atoms with Crippen LogP contribution in [0.15, 0.2) is 36.4 Å². The molecular weight excluding hydrogens is 298 g/mol. The van der Waals surface area contributed by atoms with Gasteiger partial charge in [0.25, 0.3) is 0 Å². The number of benzene rings is 2. The number of ether oxygens (including phenoxy) is 2. The van der Waals surface area contributed by atoms with Crippen molar-refractivity contribution in [2.45, 2.75) is 6.54 Å². The van der Waals surface area contributed by atoms with Crippen LogP contribution in [0.3, 0.4) is 0 Å². The van der Waals surface area contributed by atoms with Crippen LogP contribution in [0.1, 0.15) is 0 Å². The maximum atomic E-state index is 11.3. The van der Waals surface area contributed by atoms with E-state index in [1.165, 1.54) is 0 Å². The van der Waals surface area contributed by atoms with Crippen molar-refractivity contribution in [3.8, 4) is 22.9 Å². The van der Waals surface area contributed by atoms with E-state index in [0.717, 1.165) is 5.56 Å². The molecule has 0 amide bonds. The van der Waals surface area contributed by atoms with Crippen molar-refractivity contribution in [2.75, 3.05) is 12.5 Å². The first-order chi connectivity index (χ1) is 11.1. The zero-order chi connectivity index (χ0) is 16.0. The van der Waals surface area contributed by atoms with E-state index in [2.05, 4.69) is 4.98 Å². The third-order valence-electron chi connectivity index (χ3n) is 3.68. The second-order valence-electron chi connectivity index (χ2n) is 5.23. The Kier molecular flexibility index (Phi) is 2.87. The van der Waals surface area contributed by atoms with Gasteiger partial charge in [-0.2, -0.15) is 0 Å². The Morgan fingerprint density at radius 2 is 2.04 bits per heavy atom. The molecule has 2 heterocycles. The van der Waals surface area contributed by atoms with E-state index in [9.17, 15) is 9.90 Å². The summed E-state index contributed by atoms with van der Waals surface area (Å²) in [5.41, 5.74) is 8.49. The Balaban J connectivity index is 1.97. The number of aliphatic carboxylic acids is 1. The van der Waals surface area contributed by atoms with E-state index in [1.54, 1.807) is 34.9 Å². The number of nitrogen functional groups attached to an aromatic ring is 1. The van der Waals surface area contributed by atoms with Gasteiger partial charge in [-0.05, 0) is 12.1 Å². The average molecular weight is 311 g/mol. The fraction of sp³-hybridized carbons (Fsp3) is 0.125. The Labute approximate surface area is 130 Å². The lowest BCUT2D eigenvalue weighted by Crippen LogP contribution is -2.10. The van der Waals surface area contributed by atoms with Gasteiger partial charge in [-0.25, -0.2) is 4.98 Å². The van der Waals surface area contributed by atoms with Gasteiger partial charge in [0.1, 0.15) is 12.4 Å². The van der Waals surface area contributed by atoms with Gasteiger partial charge in [-0.15, -0.1) is 0 Å². The lowest BCUT2D eigenvalue weighted by Gasteiger charge is -2.07. The number of aromatic nitrogens is 2. The molecule has 3 N–H and O–H groups in total. The summed E-state index contributed by atoms with van der Waals surface area (Å²) in [6, 6.07) is 10.7. The fourth-order valence-corrected chi connectivity index (χ4v) is 2.71. The van der Waals surface area contributed by atoms with Gasteiger partial charge in [0, 0.05) is 23.4 Å². The van der Waals surface area contributed by atoms with Crippen molar-refractivity contribution in [3.05, 3.63) is 36.4 Å². The monoisotopic (exact) mass is 311 g/mol. The van der Waals surface area contributed by atoms with E-state index in [0.29, 0.717) is 34.0 Å². The second-order valence-corrected chi connectivity index (χ2v) is 5.23. The van der Waals surface area contributed by atoms with Crippen molar-refractivity contribution < 1.29 is 19.4 Å². The van der Waals surface area contributed by atoms with Crippen molar-refractivity contribution in [3.63, 3.8) is 0 Å². The van der Waals surface area contributed by atoms with Gasteiger partial charge in [-0.3, -0.25) is 4.79 Å². The fourth-order valence-electron chi connectivity index (χ4n) is 2.71. The molecule has 0 aliphatic carbocycles. The molecule has 0 fully saturated rings. The molecule has 7 heteroatoms. The zero-order valence-electron chi connectivity index (χ0n) is 12.0. The molecule has 116 valence electrons. The third-order valence-corrected chi connectivity index (χ3v) is 3.68. The number of nitrogens with two attached hydrogens (primary N) is 1. The lowest BCUT2D eigenvalue weighted by atomic mass is 10.2. The molecular formula is C16H13N3O4. The number of carboxylic acids is 1. The van der Waals surface area contributed by atoms with E-state index < -0.39 is 5.97 Å². The van der Waals surface area contributed by atoms with Crippen LogP contribution in [0, 0.1) is 0 Å². The highest BCUT2D eigenvalue weighted by molar-refractivity contribution is 5.86. The number of imidazole rings is 1. The van der Waals surface area contributed by atoms with Crippen LogP contribution >= 0.6 is 0 Å². The molecule has 2 aromatic carbocycles. The molecule has 0 atom stereocenters. The number of hydrogen-bond acceptors (Lipinski definition) is 5. The minimum atomic E-state index is -0.952. The first-order valence-corrected chi connectivity index (χ1v) is 6.99. The molecule has 1 aliphatic heterocycles. The Hall–Kier alpha value is -3.22. The van der Waals surface area contributed by atoms with Crippen LogP contribution < -0.4 is 15.2 Å². The summed E-state index contributed by atoms with van der Waals surface area (Å²) in [4.78, 5) is 15.8. The van der Waals surface area contributed by atoms with Crippen LogP contribution in [0.25, 0.3) is 22.4 Å². The van der Waals surface area contributed by atoms with Crippen LogP contribution in [0.2, 0.25) is 0 Å². The van der Waals surface area contributed by atoms with E-state index in [1.807, 2.05) is 6.07 Å². The summed E-state index contributed by atoms with van der Waals surface area (Å²) in [5.74, 6) is 0.783. The van der Waals surface area contributed by atoms with Crippen molar-refractivity contribution in [1.29, 1.82) is 0 Å². The standard InChI is InChI=1S/C16H13N3O4/c17-10-3-1-2-9(4-10)16-18-11-5-13-14(23-8-22-13)6-12(11)19(16)7-15(20)21/h1-6H,7-8,17H2,(H,20,21). The van der Waals surface area contributed by atoms with Gasteiger partial charge >= 0.3 is 5.97 Å². The van der Waals surface area contributed by atoms with E-state index >= 15 is 0 Å². The summed E-state index contributed by atoms with van der Waals surface area (Å²) >= 11 is 0. The molecule has 7 nitrogen and oxygen atoms in total. The first-order valence-electron chi connectivity index (χ1n) is 6.99. The normalized spacial score (nSPS) is 12.7. The van der Waals surface area contributed by atoms with E-state index in [-0.39, 0.29) is 13.3 Å². The average Bonchev–Trinajstić information content (AvgIpc) is 3.09. The summed E-state index contributed by atoms with van der Waals surface area (Å²) < 4.78 is 12.4. The van der Waals surface area contributed by atoms with E-state index in [4.69, 9.17) is 15.2 Å². The number of anilines is 1. The molecule has 0 unspecified atom stereocenters. The molecule has 1 aliphatic rings. The minimum Gasteiger partial charge on any atom is -0.480 e. The first kappa shape index (κ1) is 13.4. The third kappa shape index (κ3) is 2.22. The van der Waals surface area contributed by atoms with Gasteiger partial charge in [0.2, 0.25) is 6.79 Å². The Morgan fingerprint density at radius 1 is 1.26 bits per heavy atom. The Morgan fingerprint density at radius 3 is 2.78 bits per heavy atom. The molecule has 23 heavy (non-hydrogen) atoms. The molecule has 4 rings (SSSR count). The highest BCUT2D eigenvalue weighted by Crippen LogP contribution is 2.37. The second kappa shape index (κ2) is 4.91. The molecule has 0 saturated carbocycles. The molecule has 0 bridgehead atoms. The number of fused-ring (bicyclic) bond motifs is 2. The van der Waals surface area contributed by atoms with Gasteiger partial charge in [-0.1, -0.05) is 12.1 Å². The van der Waals surface area contributed by atoms with Crippen LogP contribution in [-0.2, 0) is 11.3 Å². The lowest BCUT2D eigenvalue weighted by molar-refractivity contribution is -0.137. The Bertz CT molecular complexity index is 932. The number of carboxylic acid groups (broad SMARTS) is 1. The molecule has 3 aromatic rings. The molecule has 0 radical (unpaired) electrons.